The molecule has 0 radical (unpaired) electrons. The van der Waals surface area contributed by atoms with Crippen LogP contribution in [0.2, 0.25) is 5.02 Å². The summed E-state index contributed by atoms with van der Waals surface area (Å²) in [6.45, 7) is 0.389. The van der Waals surface area contributed by atoms with E-state index in [2.05, 4.69) is 10.4 Å². The fraction of sp³-hybridized carbons (Fsp3) is 0.200. The summed E-state index contributed by atoms with van der Waals surface area (Å²) < 4.78 is 0. The lowest BCUT2D eigenvalue weighted by molar-refractivity contribution is -0.102. The average molecular weight is 485 g/mol. The van der Waals surface area contributed by atoms with Crippen LogP contribution in [0.3, 0.4) is 0 Å². The molecule has 0 unspecified atom stereocenters. The number of hydrazone groups is 1. The third-order valence-corrected chi connectivity index (χ3v) is 5.24. The number of nitrogens with zero attached hydrogens (tertiary/aromatic N) is 2. The molecule has 164 valence electrons. The van der Waals surface area contributed by atoms with Gasteiger partial charge in [-0.2, -0.15) is 10.1 Å². The molecule has 8 nitrogen and oxygen atoms in total. The average Bonchev–Trinajstić information content (AvgIpc) is 2.92. The summed E-state index contributed by atoms with van der Waals surface area (Å²) in [5.74, 6) is 4.72. The van der Waals surface area contributed by atoms with Gasteiger partial charge in [0.05, 0.1) is 32.6 Å². The van der Waals surface area contributed by atoms with Gasteiger partial charge >= 0.3 is 6.03 Å². The van der Waals surface area contributed by atoms with E-state index < -0.39 is 11.9 Å². The van der Waals surface area contributed by atoms with E-state index in [0.717, 1.165) is 16.8 Å². The highest BCUT2D eigenvalue weighted by atomic mass is 35.5. The highest BCUT2D eigenvalue weighted by molar-refractivity contribution is 6.44. The molecule has 1 aromatic rings. The summed E-state index contributed by atoms with van der Waals surface area (Å²) in [4.78, 5) is 35.0. The number of benzene rings is 1. The van der Waals surface area contributed by atoms with E-state index in [1.165, 1.54) is 18.2 Å². The van der Waals surface area contributed by atoms with Gasteiger partial charge in [-0.25, -0.2) is 10.6 Å². The number of nitrogens with two attached hydrogens (primary N) is 1. The van der Waals surface area contributed by atoms with E-state index in [1.807, 2.05) is 23.7 Å². The molecule has 1 aliphatic carbocycles. The molecule has 0 bridgehead atoms. The molecule has 0 fully saturated rings. The Bertz CT molecular complexity index is 973. The molecule has 2 rings (SSSR count). The first-order valence-corrected chi connectivity index (χ1v) is 10.3. The summed E-state index contributed by atoms with van der Waals surface area (Å²) in [5, 5.41) is 8.51. The van der Waals surface area contributed by atoms with Crippen molar-refractivity contribution in [3.05, 3.63) is 62.7 Å². The van der Waals surface area contributed by atoms with Crippen molar-refractivity contribution < 1.29 is 14.4 Å². The number of anilines is 1. The maximum Gasteiger partial charge on any atom is 0.356 e. The fourth-order valence-corrected chi connectivity index (χ4v) is 3.24. The molecule has 0 spiro atoms. The predicted molar refractivity (Wildman–Crippen MR) is 123 cm³/mol. The molecule has 0 aliphatic heterocycles. The minimum absolute atomic E-state index is 0.142. The summed E-state index contributed by atoms with van der Waals surface area (Å²) in [7, 11) is 0. The van der Waals surface area contributed by atoms with Crippen LogP contribution in [0.5, 0.6) is 0 Å². The van der Waals surface area contributed by atoms with Crippen molar-refractivity contribution in [3.63, 3.8) is 0 Å². The van der Waals surface area contributed by atoms with Crippen LogP contribution in [0.4, 0.5) is 10.5 Å². The Morgan fingerprint density at radius 2 is 1.97 bits per heavy atom. The number of hydrogen-bond donors (Lipinski definition) is 3. The summed E-state index contributed by atoms with van der Waals surface area (Å²) in [5.41, 5.74) is 3.28. The number of carbonyl (C=O) groups excluding carboxylic acids is 3. The molecule has 4 N–H and O–H groups in total. The molecular weight excluding hydrogens is 465 g/mol. The van der Waals surface area contributed by atoms with Crippen LogP contribution in [0, 0.1) is 0 Å². The van der Waals surface area contributed by atoms with E-state index in [9.17, 15) is 14.4 Å². The molecule has 0 saturated heterocycles. The van der Waals surface area contributed by atoms with Crippen LogP contribution < -0.4 is 21.6 Å². The first-order valence-electron chi connectivity index (χ1n) is 9.15. The van der Waals surface area contributed by atoms with Crippen molar-refractivity contribution in [3.8, 4) is 0 Å². The zero-order chi connectivity index (χ0) is 22.8. The zero-order valence-corrected chi connectivity index (χ0v) is 18.5. The highest BCUT2D eigenvalue weighted by Crippen LogP contribution is 2.26. The van der Waals surface area contributed by atoms with Gasteiger partial charge in [-0.1, -0.05) is 52.5 Å². The third kappa shape index (κ3) is 7.22. The molecule has 0 atom stereocenters. The Labute approximate surface area is 194 Å². The zero-order valence-electron chi connectivity index (χ0n) is 16.3. The Balaban J connectivity index is 2.02. The second-order valence-electron chi connectivity index (χ2n) is 6.24. The lowest BCUT2D eigenvalue weighted by atomic mass is 10.1. The Morgan fingerprint density at radius 1 is 1.19 bits per heavy atom. The summed E-state index contributed by atoms with van der Waals surface area (Å²) in [6.07, 6.45) is 8.99. The van der Waals surface area contributed by atoms with Gasteiger partial charge in [0.15, 0.2) is 6.29 Å². The van der Waals surface area contributed by atoms with Gasteiger partial charge in [0.2, 0.25) is 0 Å². The maximum absolute atomic E-state index is 12.6. The first-order chi connectivity index (χ1) is 14.9. The molecule has 1 aliphatic rings. The van der Waals surface area contributed by atoms with E-state index in [4.69, 9.17) is 40.6 Å². The second kappa shape index (κ2) is 12.3. The summed E-state index contributed by atoms with van der Waals surface area (Å²) in [6, 6.07) is 3.48. The minimum Gasteiger partial charge on any atom is -0.352 e. The van der Waals surface area contributed by atoms with Crippen molar-refractivity contribution in [1.82, 2.24) is 10.7 Å². The van der Waals surface area contributed by atoms with Crippen LogP contribution in [-0.4, -0.2) is 31.0 Å². The van der Waals surface area contributed by atoms with Gasteiger partial charge in [0.1, 0.15) is 0 Å². The largest absolute Gasteiger partial charge is 0.356 e. The molecule has 1 aromatic carbocycles. The van der Waals surface area contributed by atoms with Gasteiger partial charge in [0, 0.05) is 6.54 Å². The van der Waals surface area contributed by atoms with Gasteiger partial charge in [-0.3, -0.25) is 15.0 Å². The van der Waals surface area contributed by atoms with Gasteiger partial charge in [-0.15, -0.1) is 0 Å². The lowest BCUT2D eigenvalue weighted by Gasteiger charge is -2.17. The standard InChI is InChI=1S/C20H20Cl3N5O3/c21-16-7-6-14(28(20(31)27-24)26-9-10-29)12-15(16)19(30)25-8-2-4-13-3-1-5-17(22)18(23)11-13/h3,5-7,9-12H,1-2,4,8,24H2,(H,25,30)(H,27,31)/b26-9-. The van der Waals surface area contributed by atoms with Crippen LogP contribution >= 0.6 is 34.8 Å². The summed E-state index contributed by atoms with van der Waals surface area (Å²) >= 11 is 18.3. The number of hydrogen-bond acceptors (Lipinski definition) is 5. The van der Waals surface area contributed by atoms with Crippen LogP contribution in [0.15, 0.2) is 57.2 Å². The first kappa shape index (κ1) is 24.6. The second-order valence-corrected chi connectivity index (χ2v) is 7.47. The number of aldehydes is 1. The molecule has 0 heterocycles. The van der Waals surface area contributed by atoms with E-state index in [-0.39, 0.29) is 16.3 Å². The van der Waals surface area contributed by atoms with Crippen molar-refractivity contribution in [1.29, 1.82) is 0 Å². The van der Waals surface area contributed by atoms with E-state index in [0.29, 0.717) is 42.2 Å². The smallest absolute Gasteiger partial charge is 0.352 e. The minimum atomic E-state index is -0.801. The van der Waals surface area contributed by atoms with Crippen LogP contribution in [0.25, 0.3) is 0 Å². The normalized spacial score (nSPS) is 13.6. The number of rotatable bonds is 8. The quantitative estimate of drug-likeness (QED) is 0.129. The lowest BCUT2D eigenvalue weighted by Crippen LogP contribution is -2.41. The highest BCUT2D eigenvalue weighted by Gasteiger charge is 2.18. The van der Waals surface area contributed by atoms with E-state index in [1.54, 1.807) is 0 Å². The number of urea groups is 1. The molecule has 31 heavy (non-hydrogen) atoms. The molecular formula is C20H20Cl3N5O3. The van der Waals surface area contributed by atoms with Crippen LogP contribution in [-0.2, 0) is 4.79 Å². The number of carbonyl (C=O) groups is 3. The number of amides is 3. The molecule has 0 aromatic heterocycles. The predicted octanol–water partition coefficient (Wildman–Crippen LogP) is 4.00. The van der Waals surface area contributed by atoms with Crippen molar-refractivity contribution >= 4 is 64.9 Å². The van der Waals surface area contributed by atoms with Crippen LogP contribution in [0.1, 0.15) is 29.6 Å². The molecule has 0 saturated carbocycles. The molecule has 3 amide bonds. The third-order valence-electron chi connectivity index (χ3n) is 4.14. The fourth-order valence-electron chi connectivity index (χ4n) is 2.68. The number of nitrogens with one attached hydrogen (secondary N) is 2. The van der Waals surface area contributed by atoms with E-state index >= 15 is 0 Å². The van der Waals surface area contributed by atoms with Crippen molar-refractivity contribution in [2.75, 3.05) is 11.6 Å². The molecule has 11 heteroatoms. The SMILES string of the molecule is NNC(=O)N(/N=C\C=O)c1ccc(Cl)c(C(=O)NCCCC2=CCC=C(Cl)C(Cl)=C2)c1. The Morgan fingerprint density at radius 3 is 2.68 bits per heavy atom. The Kier molecular flexibility index (Phi) is 9.74. The maximum atomic E-state index is 12.6. The van der Waals surface area contributed by atoms with Gasteiger partial charge in [0.25, 0.3) is 5.91 Å². The van der Waals surface area contributed by atoms with Gasteiger partial charge in [-0.05, 0) is 43.5 Å². The monoisotopic (exact) mass is 483 g/mol. The van der Waals surface area contributed by atoms with Gasteiger partial charge < -0.3 is 5.32 Å². The topological polar surface area (TPSA) is 117 Å². The Hall–Kier alpha value is -2.65. The van der Waals surface area contributed by atoms with Crippen molar-refractivity contribution in [2.24, 2.45) is 10.9 Å². The number of hydrazine groups is 1. The number of halogens is 3. The number of allylic oxidation sites excluding steroid dienone is 6. The van der Waals surface area contributed by atoms with Crippen molar-refractivity contribution in [2.45, 2.75) is 19.3 Å².